The smallest absolute Gasteiger partial charge is 0.108 e. The minimum atomic E-state index is 0.492. The number of aryl methyl sites for hydroxylation is 1. The predicted molar refractivity (Wildman–Crippen MR) is 79.1 cm³/mol. The molecule has 0 bridgehead atoms. The van der Waals surface area contributed by atoms with Gasteiger partial charge in [-0.3, -0.25) is 4.98 Å². The number of ether oxygens (including phenoxy) is 1. The van der Waals surface area contributed by atoms with Gasteiger partial charge in [-0.05, 0) is 25.5 Å². The minimum absolute atomic E-state index is 0.492. The van der Waals surface area contributed by atoms with Crippen molar-refractivity contribution in [1.29, 1.82) is 0 Å². The molecule has 0 aliphatic carbocycles. The maximum Gasteiger partial charge on any atom is 0.108 e. The Labute approximate surface area is 114 Å². The molecule has 19 heavy (non-hydrogen) atoms. The van der Waals surface area contributed by atoms with Gasteiger partial charge in [-0.2, -0.15) is 0 Å². The Kier molecular flexibility index (Phi) is 4.94. The third kappa shape index (κ3) is 3.81. The fraction of sp³-hybridized carbons (Fsp3) is 0.353. The normalized spacial score (nSPS) is 10.2. The van der Waals surface area contributed by atoms with Crippen LogP contribution in [0.1, 0.15) is 31.0 Å². The summed E-state index contributed by atoms with van der Waals surface area (Å²) in [4.78, 5) is 4.56. The van der Waals surface area contributed by atoms with Gasteiger partial charge in [-0.1, -0.05) is 43.4 Å². The van der Waals surface area contributed by atoms with Gasteiger partial charge in [0, 0.05) is 17.6 Å². The van der Waals surface area contributed by atoms with Gasteiger partial charge in [-0.25, -0.2) is 0 Å². The Hall–Kier alpha value is -1.85. The van der Waals surface area contributed by atoms with E-state index in [1.807, 2.05) is 25.1 Å². The van der Waals surface area contributed by atoms with E-state index in [0.29, 0.717) is 6.61 Å². The third-order valence-corrected chi connectivity index (χ3v) is 2.95. The summed E-state index contributed by atoms with van der Waals surface area (Å²) in [7, 11) is 0. The lowest BCUT2D eigenvalue weighted by Gasteiger charge is -2.01. The number of nitrogens with zero attached hydrogens (tertiary/aromatic N) is 1. The molecule has 2 nitrogen and oxygen atoms in total. The summed E-state index contributed by atoms with van der Waals surface area (Å²) in [5, 5.41) is 1.13. The molecule has 98 valence electrons. The number of para-hydroxylation sites is 1. The van der Waals surface area contributed by atoms with E-state index in [0.717, 1.165) is 41.6 Å². The van der Waals surface area contributed by atoms with E-state index in [1.165, 1.54) is 0 Å². The standard InChI is InChI=1S/C17H19NO/c1-3-4-11-19-12-7-9-15-13-16-8-5-6-10-17(16)18-14(15)2/h5-6,8,10,13H,3-4,11-12H2,1-2H3. The van der Waals surface area contributed by atoms with Gasteiger partial charge < -0.3 is 4.74 Å². The van der Waals surface area contributed by atoms with Crippen LogP contribution in [0.2, 0.25) is 0 Å². The summed E-state index contributed by atoms with van der Waals surface area (Å²) in [6.07, 6.45) is 2.25. The largest absolute Gasteiger partial charge is 0.369 e. The molecule has 1 heterocycles. The van der Waals surface area contributed by atoms with Crippen molar-refractivity contribution in [1.82, 2.24) is 4.98 Å². The molecule has 0 amide bonds. The van der Waals surface area contributed by atoms with Crippen LogP contribution in [-0.4, -0.2) is 18.2 Å². The SMILES string of the molecule is CCCCOCC#Cc1cc2ccccc2nc1C. The molecule has 2 heteroatoms. The average molecular weight is 253 g/mol. The zero-order valence-electron chi connectivity index (χ0n) is 11.6. The Balaban J connectivity index is 2.08. The summed E-state index contributed by atoms with van der Waals surface area (Å²) < 4.78 is 5.43. The van der Waals surface area contributed by atoms with Gasteiger partial charge in [-0.15, -0.1) is 0 Å². The van der Waals surface area contributed by atoms with Gasteiger partial charge in [0.05, 0.1) is 11.2 Å². The summed E-state index contributed by atoms with van der Waals surface area (Å²) in [6, 6.07) is 10.2. The Morgan fingerprint density at radius 3 is 2.95 bits per heavy atom. The predicted octanol–water partition coefficient (Wildman–Crippen LogP) is 3.71. The molecule has 0 saturated carbocycles. The number of benzene rings is 1. The summed E-state index contributed by atoms with van der Waals surface area (Å²) in [5.41, 5.74) is 2.97. The van der Waals surface area contributed by atoms with Crippen LogP contribution < -0.4 is 0 Å². The van der Waals surface area contributed by atoms with E-state index in [-0.39, 0.29) is 0 Å². The number of aromatic nitrogens is 1. The second kappa shape index (κ2) is 6.92. The molecule has 0 N–H and O–H groups in total. The summed E-state index contributed by atoms with van der Waals surface area (Å²) in [5.74, 6) is 6.20. The lowest BCUT2D eigenvalue weighted by molar-refractivity contribution is 0.163. The van der Waals surface area contributed by atoms with Crippen molar-refractivity contribution < 1.29 is 4.74 Å². The van der Waals surface area contributed by atoms with Gasteiger partial charge in [0.2, 0.25) is 0 Å². The molecule has 0 atom stereocenters. The Morgan fingerprint density at radius 1 is 1.26 bits per heavy atom. The van der Waals surface area contributed by atoms with Crippen molar-refractivity contribution in [2.75, 3.05) is 13.2 Å². The molecule has 2 rings (SSSR count). The second-order valence-corrected chi connectivity index (χ2v) is 4.52. The lowest BCUT2D eigenvalue weighted by atomic mass is 10.1. The molecule has 0 spiro atoms. The van der Waals surface area contributed by atoms with Crippen LogP contribution in [0.3, 0.4) is 0 Å². The highest BCUT2D eigenvalue weighted by Crippen LogP contribution is 2.15. The van der Waals surface area contributed by atoms with Crippen LogP contribution in [0.4, 0.5) is 0 Å². The van der Waals surface area contributed by atoms with Gasteiger partial charge in [0.25, 0.3) is 0 Å². The lowest BCUT2D eigenvalue weighted by Crippen LogP contribution is -1.94. The van der Waals surface area contributed by atoms with Gasteiger partial charge in [0.1, 0.15) is 6.61 Å². The molecular weight excluding hydrogens is 234 g/mol. The molecule has 0 saturated heterocycles. The van der Waals surface area contributed by atoms with Crippen LogP contribution in [-0.2, 0) is 4.74 Å². The monoisotopic (exact) mass is 253 g/mol. The first-order valence-electron chi connectivity index (χ1n) is 6.74. The van der Waals surface area contributed by atoms with Crippen LogP contribution in [0.15, 0.2) is 30.3 Å². The molecule has 0 unspecified atom stereocenters. The number of pyridine rings is 1. The summed E-state index contributed by atoms with van der Waals surface area (Å²) in [6.45, 7) is 5.43. The van der Waals surface area contributed by atoms with E-state index < -0.39 is 0 Å². The third-order valence-electron chi connectivity index (χ3n) is 2.95. The number of unbranched alkanes of at least 4 members (excludes halogenated alkanes) is 1. The zero-order chi connectivity index (χ0) is 13.5. The highest BCUT2D eigenvalue weighted by Gasteiger charge is 1.99. The first-order valence-corrected chi connectivity index (χ1v) is 6.74. The molecule has 0 aliphatic heterocycles. The molecule has 0 aliphatic rings. The van der Waals surface area contributed by atoms with Crippen LogP contribution in [0.25, 0.3) is 10.9 Å². The molecule has 0 fully saturated rings. The van der Waals surface area contributed by atoms with Crippen LogP contribution >= 0.6 is 0 Å². The highest BCUT2D eigenvalue weighted by molar-refractivity contribution is 5.80. The first-order chi connectivity index (χ1) is 9.31. The molecule has 1 aromatic heterocycles. The van der Waals surface area contributed by atoms with Crippen molar-refractivity contribution in [3.8, 4) is 11.8 Å². The van der Waals surface area contributed by atoms with Gasteiger partial charge >= 0.3 is 0 Å². The van der Waals surface area contributed by atoms with Crippen molar-refractivity contribution >= 4 is 10.9 Å². The number of fused-ring (bicyclic) bond motifs is 1. The molecule has 2 aromatic rings. The number of hydrogen-bond acceptors (Lipinski definition) is 2. The van der Waals surface area contributed by atoms with E-state index in [1.54, 1.807) is 0 Å². The van der Waals surface area contributed by atoms with E-state index >= 15 is 0 Å². The van der Waals surface area contributed by atoms with E-state index in [2.05, 4.69) is 35.9 Å². The van der Waals surface area contributed by atoms with Crippen LogP contribution in [0.5, 0.6) is 0 Å². The maximum atomic E-state index is 5.43. The quantitative estimate of drug-likeness (QED) is 0.612. The fourth-order valence-corrected chi connectivity index (χ4v) is 1.84. The highest BCUT2D eigenvalue weighted by atomic mass is 16.5. The van der Waals surface area contributed by atoms with Crippen molar-refractivity contribution in [3.63, 3.8) is 0 Å². The molecule has 0 radical (unpaired) electrons. The number of rotatable bonds is 4. The Morgan fingerprint density at radius 2 is 2.11 bits per heavy atom. The Bertz CT molecular complexity index is 607. The van der Waals surface area contributed by atoms with Crippen molar-refractivity contribution in [2.24, 2.45) is 0 Å². The maximum absolute atomic E-state index is 5.43. The zero-order valence-corrected chi connectivity index (χ0v) is 11.6. The molecular formula is C17H19NO. The fourth-order valence-electron chi connectivity index (χ4n) is 1.84. The number of hydrogen-bond donors (Lipinski definition) is 0. The van der Waals surface area contributed by atoms with E-state index in [4.69, 9.17) is 4.74 Å². The van der Waals surface area contributed by atoms with Gasteiger partial charge in [0.15, 0.2) is 0 Å². The minimum Gasteiger partial charge on any atom is -0.369 e. The average Bonchev–Trinajstić information content (AvgIpc) is 2.43. The summed E-state index contributed by atoms with van der Waals surface area (Å²) >= 11 is 0. The second-order valence-electron chi connectivity index (χ2n) is 4.52. The molecule has 1 aromatic carbocycles. The topological polar surface area (TPSA) is 22.1 Å². The first kappa shape index (κ1) is 13.6. The van der Waals surface area contributed by atoms with Crippen LogP contribution in [0, 0.1) is 18.8 Å². The van der Waals surface area contributed by atoms with Crippen molar-refractivity contribution in [3.05, 3.63) is 41.6 Å². The van der Waals surface area contributed by atoms with E-state index in [9.17, 15) is 0 Å². The van der Waals surface area contributed by atoms with Crippen molar-refractivity contribution in [2.45, 2.75) is 26.7 Å².